The van der Waals surface area contributed by atoms with E-state index in [4.69, 9.17) is 4.74 Å². The fraction of sp³-hybridized carbons (Fsp3) is 0.300. The highest BCUT2D eigenvalue weighted by Crippen LogP contribution is 2.40. The summed E-state index contributed by atoms with van der Waals surface area (Å²) in [6, 6.07) is 9.77. The first-order valence-electron chi connectivity index (χ1n) is 9.16. The monoisotopic (exact) mass is 377 g/mol. The molecule has 0 radical (unpaired) electrons. The smallest absolute Gasteiger partial charge is 0.415 e. The van der Waals surface area contributed by atoms with E-state index in [0.29, 0.717) is 6.42 Å². The molecule has 8 heteroatoms. The Morgan fingerprint density at radius 2 is 2.04 bits per heavy atom. The van der Waals surface area contributed by atoms with Crippen LogP contribution in [0.25, 0.3) is 16.9 Å². The maximum Gasteiger partial charge on any atom is 0.415 e. The molecule has 1 amide bonds. The molecule has 0 aliphatic carbocycles. The van der Waals surface area contributed by atoms with E-state index in [-0.39, 0.29) is 18.7 Å². The van der Waals surface area contributed by atoms with E-state index >= 15 is 0 Å². The second-order valence-electron chi connectivity index (χ2n) is 7.17. The van der Waals surface area contributed by atoms with E-state index in [1.807, 2.05) is 44.3 Å². The van der Waals surface area contributed by atoms with Gasteiger partial charge in [0.15, 0.2) is 5.82 Å². The molecule has 2 aliphatic heterocycles. The number of pyridine rings is 1. The van der Waals surface area contributed by atoms with E-state index in [0.717, 1.165) is 39.6 Å². The molecular formula is C20H19N5O3. The number of fused-ring (bicyclic) bond motifs is 3. The Balaban J connectivity index is 1.45. The minimum absolute atomic E-state index is 0.137. The number of aryl methyl sites for hydroxylation is 1. The summed E-state index contributed by atoms with van der Waals surface area (Å²) in [6.45, 7) is 3.71. The summed E-state index contributed by atoms with van der Waals surface area (Å²) in [5.74, 6) is 0.720. The van der Waals surface area contributed by atoms with Crippen LogP contribution in [0.5, 0.6) is 0 Å². The van der Waals surface area contributed by atoms with E-state index in [2.05, 4.69) is 21.4 Å². The van der Waals surface area contributed by atoms with Crippen LogP contribution in [0, 0.1) is 13.8 Å². The highest BCUT2D eigenvalue weighted by molar-refractivity contribution is 5.94. The lowest BCUT2D eigenvalue weighted by Crippen LogP contribution is -2.34. The number of nitrogens with zero attached hydrogens (tertiary/aromatic N) is 5. The minimum Gasteiger partial charge on any atom is -0.441 e. The summed E-state index contributed by atoms with van der Waals surface area (Å²) in [5, 5.41) is 17.7. The Kier molecular flexibility index (Phi) is 3.70. The van der Waals surface area contributed by atoms with Crippen LogP contribution >= 0.6 is 0 Å². The number of ether oxygens (including phenoxy) is 1. The molecule has 2 aromatic heterocycles. The SMILES string of the molecule is Cc1nnn(-c2ccc(-c3ccc4c(c3)CC3C(CO)OC(=O)N43)cn2)c1C. The van der Waals surface area contributed by atoms with Gasteiger partial charge in [0.1, 0.15) is 6.10 Å². The number of cyclic esters (lactones) is 1. The summed E-state index contributed by atoms with van der Waals surface area (Å²) in [7, 11) is 0. The van der Waals surface area contributed by atoms with Crippen LogP contribution in [-0.2, 0) is 11.2 Å². The molecule has 4 heterocycles. The number of rotatable bonds is 3. The minimum atomic E-state index is -0.473. The topological polar surface area (TPSA) is 93.4 Å². The van der Waals surface area contributed by atoms with Crippen molar-refractivity contribution in [2.24, 2.45) is 0 Å². The Morgan fingerprint density at radius 3 is 2.71 bits per heavy atom. The lowest BCUT2D eigenvalue weighted by Gasteiger charge is -2.14. The third-order valence-corrected chi connectivity index (χ3v) is 5.58. The van der Waals surface area contributed by atoms with Gasteiger partial charge < -0.3 is 9.84 Å². The number of hydrogen-bond acceptors (Lipinski definition) is 6. The van der Waals surface area contributed by atoms with Crippen molar-refractivity contribution in [3.05, 3.63) is 53.5 Å². The molecule has 8 nitrogen and oxygen atoms in total. The Labute approximate surface area is 161 Å². The van der Waals surface area contributed by atoms with E-state index in [1.165, 1.54) is 0 Å². The second kappa shape index (κ2) is 6.13. The van der Waals surface area contributed by atoms with Crippen LogP contribution in [0.3, 0.4) is 0 Å². The molecule has 0 bridgehead atoms. The Hall–Kier alpha value is -3.26. The normalized spacial score (nSPS) is 20.2. The molecule has 1 N–H and O–H groups in total. The maximum atomic E-state index is 12.1. The van der Waals surface area contributed by atoms with E-state index in [9.17, 15) is 9.90 Å². The van der Waals surface area contributed by atoms with Crippen molar-refractivity contribution < 1.29 is 14.6 Å². The van der Waals surface area contributed by atoms with Gasteiger partial charge in [0.25, 0.3) is 0 Å². The largest absolute Gasteiger partial charge is 0.441 e. The van der Waals surface area contributed by atoms with Gasteiger partial charge in [0.2, 0.25) is 0 Å². The van der Waals surface area contributed by atoms with Crippen molar-refractivity contribution in [3.63, 3.8) is 0 Å². The van der Waals surface area contributed by atoms with Gasteiger partial charge in [-0.1, -0.05) is 11.3 Å². The molecule has 2 aliphatic rings. The van der Waals surface area contributed by atoms with Gasteiger partial charge in [-0.25, -0.2) is 9.78 Å². The molecule has 28 heavy (non-hydrogen) atoms. The number of benzene rings is 1. The lowest BCUT2D eigenvalue weighted by molar-refractivity contribution is 0.0830. The zero-order valence-electron chi connectivity index (χ0n) is 15.5. The first kappa shape index (κ1) is 16.9. The number of carbonyl (C=O) groups excluding carboxylic acids is 1. The highest BCUT2D eigenvalue weighted by atomic mass is 16.6. The molecule has 3 aromatic rings. The fourth-order valence-electron chi connectivity index (χ4n) is 3.92. The Bertz CT molecular complexity index is 1080. The van der Waals surface area contributed by atoms with Gasteiger partial charge >= 0.3 is 6.09 Å². The van der Waals surface area contributed by atoms with Gasteiger partial charge in [-0.15, -0.1) is 5.10 Å². The van der Waals surface area contributed by atoms with Crippen LogP contribution in [0.4, 0.5) is 10.5 Å². The van der Waals surface area contributed by atoms with Crippen LogP contribution in [0.2, 0.25) is 0 Å². The zero-order valence-corrected chi connectivity index (χ0v) is 15.5. The predicted octanol–water partition coefficient (Wildman–Crippen LogP) is 2.19. The van der Waals surface area contributed by atoms with Gasteiger partial charge in [0, 0.05) is 11.8 Å². The van der Waals surface area contributed by atoms with Gasteiger partial charge in [0.05, 0.1) is 29.7 Å². The summed E-state index contributed by atoms with van der Waals surface area (Å²) < 4.78 is 6.95. The predicted molar refractivity (Wildman–Crippen MR) is 101 cm³/mol. The summed E-state index contributed by atoms with van der Waals surface area (Å²) in [5.41, 5.74) is 5.78. The van der Waals surface area contributed by atoms with E-state index < -0.39 is 6.10 Å². The van der Waals surface area contributed by atoms with Crippen molar-refractivity contribution >= 4 is 11.8 Å². The van der Waals surface area contributed by atoms with Crippen molar-refractivity contribution in [3.8, 4) is 16.9 Å². The first-order chi connectivity index (χ1) is 13.6. The van der Waals surface area contributed by atoms with Gasteiger partial charge in [-0.2, -0.15) is 4.68 Å². The highest BCUT2D eigenvalue weighted by Gasteiger charge is 2.47. The molecular weight excluding hydrogens is 358 g/mol. The molecule has 2 atom stereocenters. The number of anilines is 1. The van der Waals surface area contributed by atoms with Gasteiger partial charge in [-0.05, 0) is 55.7 Å². The standard InChI is InChI=1S/C20H19N5O3/c1-11-12(2)25(23-22-11)19-6-4-14(9-21-19)13-3-5-16-15(7-13)8-17-18(10-26)28-20(27)24(16)17/h3-7,9,17-18,26H,8,10H2,1-2H3. The summed E-state index contributed by atoms with van der Waals surface area (Å²) in [4.78, 5) is 18.3. The number of aliphatic hydroxyl groups excluding tert-OH is 1. The summed E-state index contributed by atoms with van der Waals surface area (Å²) >= 11 is 0. The van der Waals surface area contributed by atoms with Crippen LogP contribution in [0.15, 0.2) is 36.5 Å². The molecule has 0 spiro atoms. The third kappa shape index (κ3) is 2.41. The van der Waals surface area contributed by atoms with Gasteiger partial charge in [-0.3, -0.25) is 4.90 Å². The molecule has 142 valence electrons. The number of aliphatic hydroxyl groups is 1. The van der Waals surface area contributed by atoms with Crippen molar-refractivity contribution in [2.45, 2.75) is 32.4 Å². The van der Waals surface area contributed by atoms with Crippen molar-refractivity contribution in [2.75, 3.05) is 11.5 Å². The summed E-state index contributed by atoms with van der Waals surface area (Å²) in [6.07, 6.45) is 1.62. The van der Waals surface area contributed by atoms with E-state index in [1.54, 1.807) is 9.58 Å². The number of hydrogen-bond donors (Lipinski definition) is 1. The molecule has 1 fully saturated rings. The average molecular weight is 377 g/mol. The lowest BCUT2D eigenvalue weighted by atomic mass is 10.0. The molecule has 1 aromatic carbocycles. The average Bonchev–Trinajstić information content (AvgIpc) is 3.35. The van der Waals surface area contributed by atoms with Crippen LogP contribution < -0.4 is 4.90 Å². The van der Waals surface area contributed by atoms with Crippen molar-refractivity contribution in [1.29, 1.82) is 0 Å². The van der Waals surface area contributed by atoms with Crippen molar-refractivity contribution in [1.82, 2.24) is 20.0 Å². The first-order valence-corrected chi connectivity index (χ1v) is 9.16. The molecule has 0 saturated carbocycles. The second-order valence-corrected chi connectivity index (χ2v) is 7.17. The maximum absolute atomic E-state index is 12.1. The van der Waals surface area contributed by atoms with Crippen LogP contribution in [-0.4, -0.2) is 49.9 Å². The number of carbonyl (C=O) groups is 1. The third-order valence-electron chi connectivity index (χ3n) is 5.58. The zero-order chi connectivity index (χ0) is 19.4. The number of aromatic nitrogens is 4. The molecule has 5 rings (SSSR count). The molecule has 2 unspecified atom stereocenters. The quantitative estimate of drug-likeness (QED) is 0.752. The Morgan fingerprint density at radius 1 is 1.21 bits per heavy atom. The van der Waals surface area contributed by atoms with Crippen LogP contribution in [0.1, 0.15) is 17.0 Å². The fourth-order valence-corrected chi connectivity index (χ4v) is 3.92. The molecule has 1 saturated heterocycles. The number of amides is 1.